The van der Waals surface area contributed by atoms with Gasteiger partial charge >= 0.3 is 7.12 Å². The predicted molar refractivity (Wildman–Crippen MR) is 80.5 cm³/mol. The SMILES string of the molecule is CC1(C)COB(c2ccc3c(c2)CCC(C)(C)O3)OC1. The summed E-state index contributed by atoms with van der Waals surface area (Å²) in [6.45, 7) is 10.1. The summed E-state index contributed by atoms with van der Waals surface area (Å²) in [5.74, 6) is 1.00. The third-order valence-corrected chi connectivity index (χ3v) is 3.99. The van der Waals surface area contributed by atoms with E-state index in [9.17, 15) is 0 Å². The fraction of sp³-hybridized carbons (Fsp3) is 0.625. The largest absolute Gasteiger partial charge is 0.493 e. The van der Waals surface area contributed by atoms with Crippen LogP contribution in [0.3, 0.4) is 0 Å². The first-order valence-electron chi connectivity index (χ1n) is 7.40. The Labute approximate surface area is 121 Å². The Kier molecular flexibility index (Phi) is 3.34. The summed E-state index contributed by atoms with van der Waals surface area (Å²) in [7, 11) is -0.233. The maximum Gasteiger partial charge on any atom is 0.493 e. The molecular formula is C16H23BO3. The maximum atomic E-state index is 6.01. The van der Waals surface area contributed by atoms with E-state index in [2.05, 4.69) is 45.9 Å². The molecule has 2 aliphatic rings. The molecule has 2 heterocycles. The quantitative estimate of drug-likeness (QED) is 0.737. The van der Waals surface area contributed by atoms with Gasteiger partial charge in [-0.25, -0.2) is 0 Å². The lowest BCUT2D eigenvalue weighted by molar-refractivity contribution is 0.0342. The lowest BCUT2D eigenvalue weighted by Gasteiger charge is -2.35. The minimum Gasteiger partial charge on any atom is -0.488 e. The molecule has 3 rings (SSSR count). The Morgan fingerprint density at radius 3 is 2.45 bits per heavy atom. The highest BCUT2D eigenvalue weighted by Gasteiger charge is 2.34. The van der Waals surface area contributed by atoms with Gasteiger partial charge in [-0.1, -0.05) is 26.0 Å². The second-order valence-corrected chi connectivity index (χ2v) is 7.35. The molecule has 0 bridgehead atoms. The average Bonchev–Trinajstić information content (AvgIpc) is 2.37. The number of hydrogen-bond donors (Lipinski definition) is 0. The zero-order valence-corrected chi connectivity index (χ0v) is 12.9. The van der Waals surface area contributed by atoms with Crippen LogP contribution in [-0.2, 0) is 15.7 Å². The van der Waals surface area contributed by atoms with Crippen molar-refractivity contribution in [3.8, 4) is 5.75 Å². The first-order chi connectivity index (χ1) is 9.35. The molecule has 0 spiro atoms. The van der Waals surface area contributed by atoms with Crippen LogP contribution >= 0.6 is 0 Å². The Morgan fingerprint density at radius 1 is 1.05 bits per heavy atom. The van der Waals surface area contributed by atoms with Crippen LogP contribution in [0, 0.1) is 5.41 Å². The van der Waals surface area contributed by atoms with Gasteiger partial charge in [0.05, 0.1) is 0 Å². The van der Waals surface area contributed by atoms with Crippen molar-refractivity contribution in [3.63, 3.8) is 0 Å². The zero-order valence-electron chi connectivity index (χ0n) is 12.9. The molecule has 1 fully saturated rings. The second kappa shape index (κ2) is 4.78. The summed E-state index contributed by atoms with van der Waals surface area (Å²) >= 11 is 0. The number of aryl methyl sites for hydroxylation is 1. The van der Waals surface area contributed by atoms with Crippen molar-refractivity contribution in [3.05, 3.63) is 23.8 Å². The molecule has 2 aliphatic heterocycles. The van der Waals surface area contributed by atoms with Gasteiger partial charge in [-0.2, -0.15) is 0 Å². The second-order valence-electron chi connectivity index (χ2n) is 7.35. The summed E-state index contributed by atoms with van der Waals surface area (Å²) < 4.78 is 17.7. The van der Waals surface area contributed by atoms with Crippen molar-refractivity contribution < 1.29 is 14.0 Å². The first-order valence-corrected chi connectivity index (χ1v) is 7.40. The molecule has 0 saturated carbocycles. The van der Waals surface area contributed by atoms with Crippen LogP contribution in [0.1, 0.15) is 39.7 Å². The molecule has 0 aromatic heterocycles. The van der Waals surface area contributed by atoms with E-state index in [0.29, 0.717) is 0 Å². The third kappa shape index (κ3) is 2.86. The zero-order chi connectivity index (χ0) is 14.4. The number of ether oxygens (including phenoxy) is 1. The van der Waals surface area contributed by atoms with E-state index in [0.717, 1.165) is 37.3 Å². The lowest BCUT2D eigenvalue weighted by Crippen LogP contribution is -2.47. The summed E-state index contributed by atoms with van der Waals surface area (Å²) in [6, 6.07) is 6.29. The molecule has 20 heavy (non-hydrogen) atoms. The first kappa shape index (κ1) is 14.0. The van der Waals surface area contributed by atoms with Crippen molar-refractivity contribution in [2.45, 2.75) is 46.1 Å². The molecule has 0 aliphatic carbocycles. The van der Waals surface area contributed by atoms with Gasteiger partial charge < -0.3 is 14.0 Å². The Morgan fingerprint density at radius 2 is 1.75 bits per heavy atom. The van der Waals surface area contributed by atoms with E-state index in [1.54, 1.807) is 0 Å². The smallest absolute Gasteiger partial charge is 0.488 e. The highest BCUT2D eigenvalue weighted by atomic mass is 16.6. The fourth-order valence-corrected chi connectivity index (χ4v) is 2.71. The van der Waals surface area contributed by atoms with Crippen LogP contribution < -0.4 is 10.2 Å². The van der Waals surface area contributed by atoms with Gasteiger partial charge in [-0.15, -0.1) is 0 Å². The molecule has 0 amide bonds. The van der Waals surface area contributed by atoms with E-state index in [1.807, 2.05) is 0 Å². The number of rotatable bonds is 1. The monoisotopic (exact) mass is 274 g/mol. The molecule has 0 atom stereocenters. The molecule has 0 radical (unpaired) electrons. The molecule has 0 N–H and O–H groups in total. The Bertz CT molecular complexity index is 500. The highest BCUT2D eigenvalue weighted by Crippen LogP contribution is 2.32. The summed E-state index contributed by atoms with van der Waals surface area (Å²) in [5.41, 5.74) is 2.41. The number of fused-ring (bicyclic) bond motifs is 1. The lowest BCUT2D eigenvalue weighted by atomic mass is 9.74. The average molecular weight is 274 g/mol. The fourth-order valence-electron chi connectivity index (χ4n) is 2.71. The summed E-state index contributed by atoms with van der Waals surface area (Å²) in [4.78, 5) is 0. The van der Waals surface area contributed by atoms with E-state index in [-0.39, 0.29) is 18.1 Å². The number of benzene rings is 1. The highest BCUT2D eigenvalue weighted by molar-refractivity contribution is 6.61. The predicted octanol–water partition coefficient (Wildman–Crippen LogP) is 2.56. The van der Waals surface area contributed by atoms with Crippen molar-refractivity contribution in [2.75, 3.05) is 13.2 Å². The van der Waals surface area contributed by atoms with Gasteiger partial charge in [0, 0.05) is 18.6 Å². The molecule has 0 unspecified atom stereocenters. The van der Waals surface area contributed by atoms with Crippen LogP contribution in [0.25, 0.3) is 0 Å². The maximum absolute atomic E-state index is 6.01. The standard InChI is InChI=1S/C16H23BO3/c1-15(2)10-18-17(19-11-15)13-5-6-14-12(9-13)7-8-16(3,4)20-14/h5-6,9H,7-8,10-11H2,1-4H3. The van der Waals surface area contributed by atoms with Crippen LogP contribution in [0.15, 0.2) is 18.2 Å². The molecular weight excluding hydrogens is 251 g/mol. The minimum absolute atomic E-state index is 0.0591. The van der Waals surface area contributed by atoms with Gasteiger partial charge in [0.25, 0.3) is 0 Å². The van der Waals surface area contributed by atoms with E-state index < -0.39 is 0 Å². The van der Waals surface area contributed by atoms with E-state index in [1.165, 1.54) is 5.56 Å². The van der Waals surface area contributed by atoms with Crippen molar-refractivity contribution in [1.82, 2.24) is 0 Å². The summed E-state index contributed by atoms with van der Waals surface area (Å²) in [5, 5.41) is 0. The van der Waals surface area contributed by atoms with Gasteiger partial charge in [0.15, 0.2) is 0 Å². The minimum atomic E-state index is -0.233. The molecule has 1 aromatic rings. The van der Waals surface area contributed by atoms with Gasteiger partial charge in [-0.3, -0.25) is 0 Å². The molecule has 1 aromatic carbocycles. The van der Waals surface area contributed by atoms with Gasteiger partial charge in [0.1, 0.15) is 11.4 Å². The summed E-state index contributed by atoms with van der Waals surface area (Å²) in [6.07, 6.45) is 2.09. The molecule has 1 saturated heterocycles. The van der Waals surface area contributed by atoms with E-state index >= 15 is 0 Å². The van der Waals surface area contributed by atoms with Crippen molar-refractivity contribution in [1.29, 1.82) is 0 Å². The van der Waals surface area contributed by atoms with Crippen LogP contribution in [0.4, 0.5) is 0 Å². The number of hydrogen-bond acceptors (Lipinski definition) is 3. The van der Waals surface area contributed by atoms with Crippen LogP contribution in [0.2, 0.25) is 0 Å². The van der Waals surface area contributed by atoms with Crippen molar-refractivity contribution >= 4 is 12.6 Å². The molecule has 3 nitrogen and oxygen atoms in total. The van der Waals surface area contributed by atoms with Gasteiger partial charge in [0.2, 0.25) is 0 Å². The van der Waals surface area contributed by atoms with Crippen LogP contribution in [-0.4, -0.2) is 25.9 Å². The van der Waals surface area contributed by atoms with Crippen LogP contribution in [0.5, 0.6) is 5.75 Å². The molecule has 4 heteroatoms. The van der Waals surface area contributed by atoms with E-state index in [4.69, 9.17) is 14.0 Å². The third-order valence-electron chi connectivity index (χ3n) is 3.99. The normalized spacial score (nSPS) is 23.9. The van der Waals surface area contributed by atoms with Crippen molar-refractivity contribution in [2.24, 2.45) is 5.41 Å². The topological polar surface area (TPSA) is 27.7 Å². The Balaban J connectivity index is 1.77. The Hall–Kier alpha value is -0.995. The molecule has 108 valence electrons. The van der Waals surface area contributed by atoms with Gasteiger partial charge in [-0.05, 0) is 43.8 Å².